The first kappa shape index (κ1) is 23.8. The second kappa shape index (κ2) is 10.2. The molecule has 3 rings (SSSR count). The van der Waals surface area contributed by atoms with E-state index in [4.69, 9.17) is 31.2 Å². The Bertz CT molecular complexity index is 924. The summed E-state index contributed by atoms with van der Waals surface area (Å²) in [6.45, 7) is 6.60. The van der Waals surface area contributed by atoms with Crippen LogP contribution in [0.4, 0.5) is 0 Å². The Morgan fingerprint density at radius 3 is 2.50 bits per heavy atom. The average molecular weight is 464 g/mol. The van der Waals surface area contributed by atoms with E-state index < -0.39 is 12.0 Å². The van der Waals surface area contributed by atoms with Crippen molar-refractivity contribution in [3.05, 3.63) is 35.0 Å². The number of rotatable bonds is 6. The van der Waals surface area contributed by atoms with Gasteiger partial charge in [-0.25, -0.2) is 4.79 Å². The zero-order valence-electron chi connectivity index (χ0n) is 18.9. The van der Waals surface area contributed by atoms with E-state index >= 15 is 0 Å². The molecule has 0 aromatic heterocycles. The monoisotopic (exact) mass is 463 g/mol. The number of ether oxygens (including phenoxy) is 4. The number of nitrogens with zero attached hydrogens (tertiary/aromatic N) is 1. The highest BCUT2D eigenvalue weighted by Gasteiger charge is 2.31. The van der Waals surface area contributed by atoms with Crippen LogP contribution in [0.15, 0.2) is 29.5 Å². The number of thiocarbonyl (C=S) groups is 1. The molecule has 3 atom stereocenters. The minimum Gasteiger partial charge on any atom is -0.493 e. The molecule has 10 heteroatoms. The lowest BCUT2D eigenvalue weighted by molar-refractivity contribution is -0.145. The Morgan fingerprint density at radius 2 is 1.88 bits per heavy atom. The summed E-state index contributed by atoms with van der Waals surface area (Å²) in [5.74, 6) is 0.284. The molecule has 0 radical (unpaired) electrons. The fourth-order valence-electron chi connectivity index (χ4n) is 3.92. The summed E-state index contributed by atoms with van der Waals surface area (Å²) in [7, 11) is 2.85. The summed E-state index contributed by atoms with van der Waals surface area (Å²) >= 11 is 5.26. The number of hydrogen-bond acceptors (Lipinski definition) is 7. The molecule has 0 unspecified atom stereocenters. The van der Waals surface area contributed by atoms with Crippen molar-refractivity contribution in [2.75, 3.05) is 33.9 Å². The van der Waals surface area contributed by atoms with Crippen molar-refractivity contribution in [1.29, 1.82) is 0 Å². The van der Waals surface area contributed by atoms with Crippen LogP contribution in [-0.4, -0.2) is 68.0 Å². The molecule has 2 heterocycles. The van der Waals surface area contributed by atoms with Crippen LogP contribution in [0.5, 0.6) is 11.5 Å². The zero-order valence-corrected chi connectivity index (χ0v) is 19.7. The fraction of sp³-hybridized carbons (Fsp3) is 0.500. The van der Waals surface area contributed by atoms with Gasteiger partial charge in [0.1, 0.15) is 0 Å². The van der Waals surface area contributed by atoms with Gasteiger partial charge in [-0.1, -0.05) is 6.07 Å². The molecule has 0 saturated carbocycles. The maximum atomic E-state index is 12.6. The molecule has 1 aromatic carbocycles. The molecular weight excluding hydrogens is 434 g/mol. The molecule has 32 heavy (non-hydrogen) atoms. The van der Waals surface area contributed by atoms with Crippen molar-refractivity contribution < 1.29 is 28.5 Å². The van der Waals surface area contributed by atoms with Crippen LogP contribution in [0.2, 0.25) is 0 Å². The van der Waals surface area contributed by atoms with Gasteiger partial charge in [0.2, 0.25) is 0 Å². The fourth-order valence-corrected chi connectivity index (χ4v) is 4.19. The van der Waals surface area contributed by atoms with Crippen LogP contribution >= 0.6 is 12.2 Å². The van der Waals surface area contributed by atoms with E-state index in [-0.39, 0.29) is 24.7 Å². The third kappa shape index (κ3) is 5.31. The van der Waals surface area contributed by atoms with E-state index in [9.17, 15) is 9.59 Å². The van der Waals surface area contributed by atoms with E-state index in [1.807, 2.05) is 13.8 Å². The molecule has 1 amide bonds. The minimum absolute atomic E-state index is 0.0133. The van der Waals surface area contributed by atoms with Crippen molar-refractivity contribution in [2.24, 2.45) is 0 Å². The quantitative estimate of drug-likeness (QED) is 0.482. The molecule has 9 nitrogen and oxygen atoms in total. The lowest BCUT2D eigenvalue weighted by atomic mass is 9.95. The Labute approximate surface area is 193 Å². The number of hydrogen-bond donors (Lipinski definition) is 2. The molecule has 0 spiro atoms. The van der Waals surface area contributed by atoms with E-state index in [1.54, 1.807) is 30.0 Å². The molecule has 174 valence electrons. The summed E-state index contributed by atoms with van der Waals surface area (Å²) in [6, 6.07) is 4.74. The van der Waals surface area contributed by atoms with Gasteiger partial charge in [0.05, 0.1) is 38.0 Å². The van der Waals surface area contributed by atoms with E-state index in [0.29, 0.717) is 41.0 Å². The number of carbonyl (C=O) groups excluding carboxylic acids is 2. The number of benzene rings is 1. The van der Waals surface area contributed by atoms with Gasteiger partial charge < -0.3 is 34.5 Å². The van der Waals surface area contributed by atoms with Gasteiger partial charge in [-0.2, -0.15) is 0 Å². The van der Waals surface area contributed by atoms with Gasteiger partial charge in [0, 0.05) is 18.8 Å². The molecule has 2 aliphatic heterocycles. The summed E-state index contributed by atoms with van der Waals surface area (Å²) in [5, 5.41) is 6.44. The smallest absolute Gasteiger partial charge is 0.337 e. The van der Waals surface area contributed by atoms with Gasteiger partial charge in [-0.05, 0) is 50.7 Å². The largest absolute Gasteiger partial charge is 0.493 e. The lowest BCUT2D eigenvalue weighted by Crippen LogP contribution is -2.49. The highest BCUT2D eigenvalue weighted by Crippen LogP contribution is 2.34. The van der Waals surface area contributed by atoms with Gasteiger partial charge in [0.15, 0.2) is 23.2 Å². The van der Waals surface area contributed by atoms with Gasteiger partial charge in [-0.3, -0.25) is 4.79 Å². The third-order valence-corrected chi connectivity index (χ3v) is 5.54. The Kier molecular flexibility index (Phi) is 7.57. The third-order valence-electron chi connectivity index (χ3n) is 5.32. The van der Waals surface area contributed by atoms with E-state index in [0.717, 1.165) is 5.56 Å². The predicted molar refractivity (Wildman–Crippen MR) is 121 cm³/mol. The van der Waals surface area contributed by atoms with Crippen molar-refractivity contribution >= 4 is 29.2 Å². The standard InChI is InChI=1S/C22H29N3O6S/c1-12-9-25(10-13(2)31-12)18(26)11-30-16-7-6-15(8-17(16)28-4)20-19(21(27)29-5)14(3)23-22(32)24-20/h6-8,12-13,20H,9-11H2,1-5H3,(H2,23,24,32)/t12-,13-,20-/m1/s1. The highest BCUT2D eigenvalue weighted by molar-refractivity contribution is 7.80. The summed E-state index contributed by atoms with van der Waals surface area (Å²) in [5.41, 5.74) is 1.77. The first-order valence-electron chi connectivity index (χ1n) is 10.3. The van der Waals surface area contributed by atoms with Crippen molar-refractivity contribution in [3.8, 4) is 11.5 Å². The number of esters is 1. The van der Waals surface area contributed by atoms with Crippen molar-refractivity contribution in [3.63, 3.8) is 0 Å². The number of amides is 1. The Morgan fingerprint density at radius 1 is 1.19 bits per heavy atom. The normalized spacial score (nSPS) is 23.2. The first-order valence-corrected chi connectivity index (χ1v) is 10.7. The second-order valence-electron chi connectivity index (χ2n) is 7.82. The molecule has 2 aliphatic rings. The topological polar surface area (TPSA) is 98.4 Å². The second-order valence-corrected chi connectivity index (χ2v) is 8.22. The number of nitrogens with one attached hydrogen (secondary N) is 2. The molecule has 0 aliphatic carbocycles. The van der Waals surface area contributed by atoms with Crippen LogP contribution in [0, 0.1) is 0 Å². The summed E-state index contributed by atoms with van der Waals surface area (Å²) in [4.78, 5) is 26.7. The maximum Gasteiger partial charge on any atom is 0.337 e. The van der Waals surface area contributed by atoms with Crippen molar-refractivity contribution in [2.45, 2.75) is 39.0 Å². The van der Waals surface area contributed by atoms with E-state index in [1.165, 1.54) is 14.2 Å². The van der Waals surface area contributed by atoms with Crippen LogP contribution in [0.3, 0.4) is 0 Å². The molecule has 1 aromatic rings. The number of allylic oxidation sites excluding steroid dienone is 1. The van der Waals surface area contributed by atoms with Crippen molar-refractivity contribution in [1.82, 2.24) is 15.5 Å². The summed E-state index contributed by atoms with van der Waals surface area (Å²) in [6.07, 6.45) is -0.0267. The molecule has 1 saturated heterocycles. The van der Waals surface area contributed by atoms with Gasteiger partial charge in [0.25, 0.3) is 5.91 Å². The van der Waals surface area contributed by atoms with Crippen LogP contribution < -0.4 is 20.1 Å². The lowest BCUT2D eigenvalue weighted by Gasteiger charge is -2.35. The Balaban J connectivity index is 1.77. The van der Waals surface area contributed by atoms with Gasteiger partial charge >= 0.3 is 5.97 Å². The SMILES string of the molecule is COC(=O)C1=C(C)NC(=S)N[C@@H]1c1ccc(OCC(=O)N2C[C@@H](C)O[C@H](C)C2)c(OC)c1. The molecule has 0 bridgehead atoms. The predicted octanol–water partition coefficient (Wildman–Crippen LogP) is 1.68. The van der Waals surface area contributed by atoms with Gasteiger partial charge in [-0.15, -0.1) is 0 Å². The first-order chi connectivity index (χ1) is 15.2. The number of morpholine rings is 1. The van der Waals surface area contributed by atoms with Crippen LogP contribution in [0.25, 0.3) is 0 Å². The van der Waals surface area contributed by atoms with Crippen LogP contribution in [-0.2, 0) is 19.1 Å². The maximum absolute atomic E-state index is 12.6. The number of methoxy groups -OCH3 is 2. The Hall–Kier alpha value is -2.85. The highest BCUT2D eigenvalue weighted by atomic mass is 32.1. The van der Waals surface area contributed by atoms with Crippen LogP contribution in [0.1, 0.15) is 32.4 Å². The number of carbonyl (C=O) groups is 2. The average Bonchev–Trinajstić information content (AvgIpc) is 2.75. The minimum atomic E-state index is -0.517. The van der Waals surface area contributed by atoms with E-state index in [2.05, 4.69) is 10.6 Å². The molecular formula is C22H29N3O6S. The zero-order chi connectivity index (χ0) is 23.4. The summed E-state index contributed by atoms with van der Waals surface area (Å²) < 4.78 is 21.9. The molecule has 1 fully saturated rings. The molecule has 2 N–H and O–H groups in total.